The van der Waals surface area contributed by atoms with E-state index in [1.165, 1.54) is 4.31 Å². The van der Waals surface area contributed by atoms with Crippen molar-refractivity contribution in [2.75, 3.05) is 26.7 Å². The van der Waals surface area contributed by atoms with Crippen LogP contribution in [0.2, 0.25) is 0 Å². The maximum Gasteiger partial charge on any atom is 0.407 e. The molecule has 1 aliphatic heterocycles. The van der Waals surface area contributed by atoms with E-state index in [0.29, 0.717) is 25.3 Å². The van der Waals surface area contributed by atoms with E-state index in [2.05, 4.69) is 10.6 Å². The van der Waals surface area contributed by atoms with Gasteiger partial charge in [-0.2, -0.15) is 4.31 Å². The number of amides is 1. The molecule has 40 heavy (non-hydrogen) atoms. The van der Waals surface area contributed by atoms with Crippen LogP contribution in [0.1, 0.15) is 44.2 Å². The van der Waals surface area contributed by atoms with Gasteiger partial charge in [0.15, 0.2) is 0 Å². The van der Waals surface area contributed by atoms with Crippen molar-refractivity contribution < 1.29 is 27.8 Å². The number of sulfonamides is 1. The summed E-state index contributed by atoms with van der Waals surface area (Å²) in [5.41, 5.74) is 1.88. The average molecular weight is 574 g/mol. The molecule has 5 atom stereocenters. The number of alkyl carbamates (subject to hydrolysis) is 1. The molecule has 2 unspecified atom stereocenters. The van der Waals surface area contributed by atoms with Crippen LogP contribution in [0.25, 0.3) is 0 Å². The number of nitrogens with one attached hydrogen (secondary N) is 2. The number of carbonyl (C=O) groups is 1. The van der Waals surface area contributed by atoms with Crippen molar-refractivity contribution in [3.8, 4) is 0 Å². The third-order valence-electron chi connectivity index (χ3n) is 7.65. The van der Waals surface area contributed by atoms with Gasteiger partial charge in [0.25, 0.3) is 0 Å². The third kappa shape index (κ3) is 8.04. The summed E-state index contributed by atoms with van der Waals surface area (Å²) < 4.78 is 40.1. The summed E-state index contributed by atoms with van der Waals surface area (Å²) in [5, 5.41) is 17.3. The van der Waals surface area contributed by atoms with Gasteiger partial charge in [-0.3, -0.25) is 0 Å². The zero-order valence-electron chi connectivity index (χ0n) is 23.7. The molecule has 2 fully saturated rings. The summed E-state index contributed by atoms with van der Waals surface area (Å²) in [6.07, 6.45) is 0.901. The zero-order chi connectivity index (χ0) is 28.7. The molecule has 220 valence electrons. The second-order valence-corrected chi connectivity index (χ2v) is 13.3. The minimum atomic E-state index is -3.89. The molecule has 1 aliphatic carbocycles. The molecule has 0 radical (unpaired) electrons. The first-order valence-corrected chi connectivity index (χ1v) is 15.6. The lowest BCUT2D eigenvalue weighted by Gasteiger charge is -2.31. The molecule has 1 heterocycles. The van der Waals surface area contributed by atoms with E-state index < -0.39 is 28.3 Å². The van der Waals surface area contributed by atoms with Crippen molar-refractivity contribution in [1.82, 2.24) is 14.9 Å². The van der Waals surface area contributed by atoms with Crippen LogP contribution in [0.5, 0.6) is 0 Å². The molecule has 1 saturated heterocycles. The van der Waals surface area contributed by atoms with Crippen LogP contribution in [0.4, 0.5) is 4.79 Å². The number of nitrogens with zero attached hydrogens (tertiary/aromatic N) is 1. The highest BCUT2D eigenvalue weighted by molar-refractivity contribution is 7.89. The summed E-state index contributed by atoms with van der Waals surface area (Å²) in [4.78, 5) is 13.1. The SMILES string of the molecule is CNCc1ccc(S(=O)(=O)N(CC(C)C)C[C@@H](O)[C@H](Cc2ccccc2)NC(=O)OC2CC3CCO[C@@H]3C2)cc1. The van der Waals surface area contributed by atoms with Crippen LogP contribution in [0, 0.1) is 11.8 Å². The summed E-state index contributed by atoms with van der Waals surface area (Å²) in [6, 6.07) is 15.5. The second-order valence-electron chi connectivity index (χ2n) is 11.4. The molecule has 3 N–H and O–H groups in total. The molecule has 0 aromatic heterocycles. The number of ether oxygens (including phenoxy) is 2. The monoisotopic (exact) mass is 573 g/mol. The Bertz CT molecular complexity index is 1180. The molecule has 1 saturated carbocycles. The summed E-state index contributed by atoms with van der Waals surface area (Å²) >= 11 is 0. The number of aliphatic hydroxyl groups is 1. The topological polar surface area (TPSA) is 117 Å². The van der Waals surface area contributed by atoms with Gasteiger partial charge in [0.2, 0.25) is 10.0 Å². The van der Waals surface area contributed by atoms with Gasteiger partial charge < -0.3 is 25.2 Å². The number of aliphatic hydroxyl groups excluding tert-OH is 1. The number of carbonyl (C=O) groups excluding carboxylic acids is 1. The van der Waals surface area contributed by atoms with Gasteiger partial charge in [0.1, 0.15) is 6.10 Å². The van der Waals surface area contributed by atoms with Crippen LogP contribution in [0.15, 0.2) is 59.5 Å². The number of hydrogen-bond donors (Lipinski definition) is 3. The van der Waals surface area contributed by atoms with Crippen molar-refractivity contribution in [3.63, 3.8) is 0 Å². The Balaban J connectivity index is 1.49. The van der Waals surface area contributed by atoms with Crippen LogP contribution in [-0.4, -0.2) is 75.0 Å². The van der Waals surface area contributed by atoms with E-state index in [1.807, 2.05) is 51.2 Å². The maximum atomic E-state index is 13.7. The van der Waals surface area contributed by atoms with Crippen LogP contribution >= 0.6 is 0 Å². The third-order valence-corrected chi connectivity index (χ3v) is 9.49. The molecule has 0 spiro atoms. The molecule has 2 aromatic rings. The molecule has 2 aromatic carbocycles. The lowest BCUT2D eigenvalue weighted by Crippen LogP contribution is -2.51. The first-order valence-electron chi connectivity index (χ1n) is 14.2. The normalized spacial score (nSPS) is 22.3. The van der Waals surface area contributed by atoms with E-state index in [4.69, 9.17) is 9.47 Å². The van der Waals surface area contributed by atoms with E-state index in [-0.39, 0.29) is 36.1 Å². The Morgan fingerprint density at radius 2 is 1.80 bits per heavy atom. The van der Waals surface area contributed by atoms with E-state index in [9.17, 15) is 18.3 Å². The summed E-state index contributed by atoms with van der Waals surface area (Å²) in [5.74, 6) is 0.450. The molecule has 4 rings (SSSR count). The van der Waals surface area contributed by atoms with E-state index in [1.54, 1.807) is 24.3 Å². The number of hydrogen-bond acceptors (Lipinski definition) is 7. The lowest BCUT2D eigenvalue weighted by molar-refractivity contribution is 0.0554. The van der Waals surface area contributed by atoms with Gasteiger partial charge in [-0.25, -0.2) is 13.2 Å². The molecule has 0 bridgehead atoms. The Morgan fingerprint density at radius 3 is 2.45 bits per heavy atom. The fourth-order valence-electron chi connectivity index (χ4n) is 5.65. The van der Waals surface area contributed by atoms with Gasteiger partial charge in [0, 0.05) is 32.7 Å². The number of benzene rings is 2. The largest absolute Gasteiger partial charge is 0.446 e. The van der Waals surface area contributed by atoms with Crippen LogP contribution in [-0.2, 0) is 32.5 Å². The maximum absolute atomic E-state index is 13.7. The smallest absolute Gasteiger partial charge is 0.407 e. The Hall–Kier alpha value is -2.50. The molecular weight excluding hydrogens is 530 g/mol. The quantitative estimate of drug-likeness (QED) is 0.337. The van der Waals surface area contributed by atoms with Crippen molar-refractivity contribution in [2.24, 2.45) is 11.8 Å². The molecule has 9 nitrogen and oxygen atoms in total. The summed E-state index contributed by atoms with van der Waals surface area (Å²) in [7, 11) is -2.06. The highest BCUT2D eigenvalue weighted by Gasteiger charge is 2.40. The highest BCUT2D eigenvalue weighted by atomic mass is 32.2. The van der Waals surface area contributed by atoms with Crippen molar-refractivity contribution >= 4 is 16.1 Å². The number of fused-ring (bicyclic) bond motifs is 1. The Labute approximate surface area is 238 Å². The average Bonchev–Trinajstić information content (AvgIpc) is 3.51. The van der Waals surface area contributed by atoms with Gasteiger partial charge in [-0.15, -0.1) is 0 Å². The van der Waals surface area contributed by atoms with Crippen molar-refractivity contribution in [1.29, 1.82) is 0 Å². The molecular formula is C30H43N3O6S. The molecule has 10 heteroatoms. The zero-order valence-corrected chi connectivity index (χ0v) is 24.5. The lowest BCUT2D eigenvalue weighted by atomic mass is 10.0. The predicted octanol–water partition coefficient (Wildman–Crippen LogP) is 3.32. The highest BCUT2D eigenvalue weighted by Crippen LogP contribution is 2.37. The molecule has 2 aliphatic rings. The number of rotatable bonds is 13. The first-order chi connectivity index (χ1) is 19.2. The van der Waals surface area contributed by atoms with Crippen LogP contribution in [0.3, 0.4) is 0 Å². The Kier molecular flexibility index (Phi) is 10.6. The van der Waals surface area contributed by atoms with Gasteiger partial charge >= 0.3 is 6.09 Å². The van der Waals surface area contributed by atoms with Crippen LogP contribution < -0.4 is 10.6 Å². The van der Waals surface area contributed by atoms with Gasteiger partial charge in [0.05, 0.1) is 23.1 Å². The predicted molar refractivity (Wildman–Crippen MR) is 153 cm³/mol. The minimum Gasteiger partial charge on any atom is -0.446 e. The van der Waals surface area contributed by atoms with Crippen molar-refractivity contribution in [2.45, 2.75) is 75.3 Å². The standard InChI is InChI=1S/C30H43N3O6S/c1-21(2)19-33(40(36,37)26-11-9-23(10-12-26)18-31-3)20-28(34)27(15-22-7-5-4-6-8-22)32-30(35)39-25-16-24-13-14-38-29(24)17-25/h4-12,21,24-25,27-29,31,34H,13-20H2,1-3H3,(H,32,35)/t24?,25?,27-,28+,29+/m0/s1. The fraction of sp³-hybridized carbons (Fsp3) is 0.567. The minimum absolute atomic E-state index is 0.0278. The summed E-state index contributed by atoms with van der Waals surface area (Å²) in [6.45, 7) is 5.32. The second kappa shape index (κ2) is 13.9. The Morgan fingerprint density at radius 1 is 1.07 bits per heavy atom. The molecule has 1 amide bonds. The van der Waals surface area contributed by atoms with Gasteiger partial charge in [-0.05, 0) is 61.4 Å². The van der Waals surface area contributed by atoms with E-state index >= 15 is 0 Å². The fourth-order valence-corrected chi connectivity index (χ4v) is 7.27. The van der Waals surface area contributed by atoms with Gasteiger partial charge in [-0.1, -0.05) is 56.3 Å². The van der Waals surface area contributed by atoms with Crippen molar-refractivity contribution in [3.05, 3.63) is 65.7 Å². The first kappa shape index (κ1) is 30.5. The van der Waals surface area contributed by atoms with E-state index in [0.717, 1.165) is 30.6 Å².